The molecule has 1 heterocycles. The highest BCUT2D eigenvalue weighted by atomic mass is 32.1. The van der Waals surface area contributed by atoms with Crippen LogP contribution < -0.4 is 4.90 Å². The molecule has 1 N–H and O–H groups in total. The second-order valence-electron chi connectivity index (χ2n) is 5.92. The van der Waals surface area contributed by atoms with Gasteiger partial charge in [-0.05, 0) is 24.5 Å². The molecule has 138 valence electrons. The summed E-state index contributed by atoms with van der Waals surface area (Å²) in [5, 5.41) is 6.89. The molecule has 0 unspecified atom stereocenters. The minimum absolute atomic E-state index is 0.250. The van der Waals surface area contributed by atoms with Crippen LogP contribution in [0.2, 0.25) is 0 Å². The number of rotatable bonds is 5. The number of benzene rings is 1. The Bertz CT molecular complexity index is 609. The molecule has 1 aromatic heterocycles. The number of anilines is 1. The Kier molecular flexibility index (Phi) is 12.1. The van der Waals surface area contributed by atoms with Crippen molar-refractivity contribution in [3.8, 4) is 10.4 Å². The molecule has 0 spiro atoms. The van der Waals surface area contributed by atoms with Crippen molar-refractivity contribution in [2.75, 3.05) is 11.9 Å². The van der Waals surface area contributed by atoms with E-state index in [-0.39, 0.29) is 6.47 Å². The van der Waals surface area contributed by atoms with Crippen molar-refractivity contribution < 1.29 is 14.7 Å². The van der Waals surface area contributed by atoms with Gasteiger partial charge in [0.25, 0.3) is 6.47 Å². The summed E-state index contributed by atoms with van der Waals surface area (Å²) < 4.78 is 0. The van der Waals surface area contributed by atoms with Crippen LogP contribution in [0.25, 0.3) is 10.4 Å². The van der Waals surface area contributed by atoms with Crippen molar-refractivity contribution in [2.45, 2.75) is 40.5 Å². The summed E-state index contributed by atoms with van der Waals surface area (Å²) >= 11 is 1.71. The molecule has 0 saturated carbocycles. The van der Waals surface area contributed by atoms with Gasteiger partial charge in [-0.15, -0.1) is 11.3 Å². The fourth-order valence-corrected chi connectivity index (χ4v) is 3.26. The third kappa shape index (κ3) is 9.05. The molecule has 0 fully saturated rings. The third-order valence-electron chi connectivity index (χ3n) is 3.35. The highest BCUT2D eigenvalue weighted by Crippen LogP contribution is 2.35. The third-order valence-corrected chi connectivity index (χ3v) is 4.44. The summed E-state index contributed by atoms with van der Waals surface area (Å²) in [6.45, 7) is 8.51. The predicted molar refractivity (Wildman–Crippen MR) is 107 cm³/mol. The molecule has 5 heteroatoms. The van der Waals surface area contributed by atoms with Crippen molar-refractivity contribution in [3.63, 3.8) is 0 Å². The first-order valence-corrected chi connectivity index (χ1v) is 9.14. The lowest BCUT2D eigenvalue weighted by molar-refractivity contribution is -0.122. The average molecular weight is 364 g/mol. The Morgan fingerprint density at radius 3 is 2.16 bits per heavy atom. The zero-order valence-electron chi connectivity index (χ0n) is 15.7. The van der Waals surface area contributed by atoms with Gasteiger partial charge in [-0.1, -0.05) is 63.9 Å². The second kappa shape index (κ2) is 13.2. The number of aryl methyl sites for hydroxylation is 1. The first-order valence-electron chi connectivity index (χ1n) is 8.32. The van der Waals surface area contributed by atoms with Gasteiger partial charge >= 0.3 is 0 Å². The van der Waals surface area contributed by atoms with Crippen LogP contribution in [0.1, 0.15) is 38.5 Å². The Balaban J connectivity index is 0.000000538. The SMILES string of the molecule is CCCC(C)C.Cc1sc(-c2ccccc2)cc1N(C)C=O.O=CO. The molecule has 25 heavy (non-hydrogen) atoms. The molecule has 4 nitrogen and oxygen atoms in total. The topological polar surface area (TPSA) is 57.6 Å². The molecular weight excluding hydrogens is 334 g/mol. The van der Waals surface area contributed by atoms with Gasteiger partial charge in [0.2, 0.25) is 6.41 Å². The average Bonchev–Trinajstić information content (AvgIpc) is 2.98. The molecule has 0 aliphatic rings. The molecule has 0 atom stereocenters. The molecule has 0 saturated heterocycles. The number of carbonyl (C=O) groups excluding carboxylic acids is 1. The first-order chi connectivity index (χ1) is 11.9. The van der Waals surface area contributed by atoms with E-state index in [0.29, 0.717) is 0 Å². The molecule has 1 amide bonds. The number of thiophene rings is 1. The number of hydrogen-bond acceptors (Lipinski definition) is 3. The fraction of sp³-hybridized carbons (Fsp3) is 0.400. The van der Waals surface area contributed by atoms with E-state index in [4.69, 9.17) is 9.90 Å². The monoisotopic (exact) mass is 363 g/mol. The molecule has 0 radical (unpaired) electrons. The Labute approximate surface area is 155 Å². The van der Waals surface area contributed by atoms with E-state index in [1.807, 2.05) is 25.1 Å². The number of hydrogen-bond donors (Lipinski definition) is 1. The van der Waals surface area contributed by atoms with E-state index in [2.05, 4.69) is 39.0 Å². The van der Waals surface area contributed by atoms with Gasteiger partial charge in [0.1, 0.15) is 0 Å². The van der Waals surface area contributed by atoms with Gasteiger partial charge in [-0.2, -0.15) is 0 Å². The molecule has 2 aromatic rings. The highest BCUT2D eigenvalue weighted by Gasteiger charge is 2.09. The van der Waals surface area contributed by atoms with Crippen LogP contribution in [0.3, 0.4) is 0 Å². The van der Waals surface area contributed by atoms with Crippen LogP contribution in [0.5, 0.6) is 0 Å². The number of carbonyl (C=O) groups is 2. The Morgan fingerprint density at radius 1 is 1.20 bits per heavy atom. The minimum atomic E-state index is -0.250. The Hall–Kier alpha value is -2.14. The van der Waals surface area contributed by atoms with Crippen molar-refractivity contribution >= 4 is 29.9 Å². The van der Waals surface area contributed by atoms with Crippen LogP contribution in [0, 0.1) is 12.8 Å². The van der Waals surface area contributed by atoms with Gasteiger partial charge in [0.15, 0.2) is 0 Å². The summed E-state index contributed by atoms with van der Waals surface area (Å²) in [6, 6.07) is 12.3. The predicted octanol–water partition coefficient (Wildman–Crippen LogP) is 5.46. The quantitative estimate of drug-likeness (QED) is 0.718. The van der Waals surface area contributed by atoms with Crippen LogP contribution >= 0.6 is 11.3 Å². The number of nitrogens with zero attached hydrogens (tertiary/aromatic N) is 1. The van der Waals surface area contributed by atoms with Gasteiger partial charge < -0.3 is 10.0 Å². The van der Waals surface area contributed by atoms with E-state index in [1.54, 1.807) is 23.3 Å². The lowest BCUT2D eigenvalue weighted by atomic mass is 10.1. The molecule has 2 rings (SSSR count). The molecule has 1 aromatic carbocycles. The van der Waals surface area contributed by atoms with Gasteiger partial charge in [0.05, 0.1) is 5.69 Å². The van der Waals surface area contributed by atoms with Crippen LogP contribution in [-0.2, 0) is 9.59 Å². The lowest BCUT2D eigenvalue weighted by Gasteiger charge is -2.08. The largest absolute Gasteiger partial charge is 0.483 e. The number of carboxylic acid groups (broad SMARTS) is 1. The summed E-state index contributed by atoms with van der Waals surface area (Å²) in [5.41, 5.74) is 2.18. The Morgan fingerprint density at radius 2 is 1.76 bits per heavy atom. The normalized spacial score (nSPS) is 9.36. The second-order valence-corrected chi connectivity index (χ2v) is 7.18. The molecule has 0 bridgehead atoms. The zero-order valence-corrected chi connectivity index (χ0v) is 16.5. The summed E-state index contributed by atoms with van der Waals surface area (Å²) in [5.74, 6) is 0.898. The van der Waals surface area contributed by atoms with E-state index < -0.39 is 0 Å². The van der Waals surface area contributed by atoms with E-state index >= 15 is 0 Å². The van der Waals surface area contributed by atoms with Gasteiger partial charge in [-0.3, -0.25) is 9.59 Å². The van der Waals surface area contributed by atoms with Crippen LogP contribution in [0.15, 0.2) is 36.4 Å². The van der Waals surface area contributed by atoms with Crippen LogP contribution in [0.4, 0.5) is 5.69 Å². The molecule has 0 aliphatic carbocycles. The van der Waals surface area contributed by atoms with E-state index in [0.717, 1.165) is 22.9 Å². The number of amides is 1. The van der Waals surface area contributed by atoms with E-state index in [1.165, 1.54) is 23.3 Å². The maximum Gasteiger partial charge on any atom is 0.290 e. The molecular formula is C20H29NO3S. The molecule has 0 aliphatic heterocycles. The van der Waals surface area contributed by atoms with E-state index in [9.17, 15) is 4.79 Å². The maximum atomic E-state index is 10.7. The van der Waals surface area contributed by atoms with Gasteiger partial charge in [0, 0.05) is 16.8 Å². The standard InChI is InChI=1S/C13H13NOS.C6H14.CH2O2/c1-10-12(14(2)9-15)8-13(16-10)11-6-4-3-5-7-11;1-4-5-6(2)3;2-1-3/h3-9H,1-2H3;6H,4-5H2,1-3H3;1H,(H,2,3). The minimum Gasteiger partial charge on any atom is -0.483 e. The smallest absolute Gasteiger partial charge is 0.290 e. The fourth-order valence-electron chi connectivity index (χ4n) is 2.20. The lowest BCUT2D eigenvalue weighted by Crippen LogP contribution is -2.13. The zero-order chi connectivity index (χ0) is 19.2. The summed E-state index contributed by atoms with van der Waals surface area (Å²) in [4.78, 5) is 23.1. The maximum absolute atomic E-state index is 10.7. The summed E-state index contributed by atoms with van der Waals surface area (Å²) in [7, 11) is 1.77. The first kappa shape index (κ1) is 22.9. The van der Waals surface area contributed by atoms with Crippen molar-refractivity contribution in [1.29, 1.82) is 0 Å². The van der Waals surface area contributed by atoms with Crippen molar-refractivity contribution in [3.05, 3.63) is 41.3 Å². The van der Waals surface area contributed by atoms with Gasteiger partial charge in [-0.25, -0.2) is 0 Å². The van der Waals surface area contributed by atoms with Crippen molar-refractivity contribution in [1.82, 2.24) is 0 Å². The highest BCUT2D eigenvalue weighted by molar-refractivity contribution is 7.16. The van der Waals surface area contributed by atoms with Crippen LogP contribution in [-0.4, -0.2) is 25.0 Å². The van der Waals surface area contributed by atoms with Crippen molar-refractivity contribution in [2.24, 2.45) is 5.92 Å². The summed E-state index contributed by atoms with van der Waals surface area (Å²) in [6.07, 6.45) is 3.54.